The highest BCUT2D eigenvalue weighted by Crippen LogP contribution is 2.27. The zero-order valence-electron chi connectivity index (χ0n) is 20.0. The van der Waals surface area contributed by atoms with E-state index >= 15 is 0 Å². The SMILES string of the molecule is COc1ccc(CCNC(=O)[C@@H](CSCc2ccccc2)NC(=O)OC(C)(C)C)cc1OC. The van der Waals surface area contributed by atoms with Crippen LogP contribution in [0.15, 0.2) is 48.5 Å². The third kappa shape index (κ3) is 9.65. The number of carbonyl (C=O) groups excluding carboxylic acids is 2. The van der Waals surface area contributed by atoms with Crippen molar-refractivity contribution in [2.45, 2.75) is 44.6 Å². The maximum atomic E-state index is 12.9. The molecule has 0 heterocycles. The van der Waals surface area contributed by atoms with Gasteiger partial charge in [-0.15, -0.1) is 0 Å². The Morgan fingerprint density at radius 2 is 1.67 bits per heavy atom. The van der Waals surface area contributed by atoms with Gasteiger partial charge in [0.25, 0.3) is 0 Å². The van der Waals surface area contributed by atoms with Crippen molar-refractivity contribution in [1.29, 1.82) is 0 Å². The monoisotopic (exact) mass is 474 g/mol. The summed E-state index contributed by atoms with van der Waals surface area (Å²) in [6.45, 7) is 5.78. The van der Waals surface area contributed by atoms with Crippen molar-refractivity contribution in [3.8, 4) is 11.5 Å². The van der Waals surface area contributed by atoms with Crippen molar-refractivity contribution >= 4 is 23.8 Å². The molecule has 0 saturated carbocycles. The molecule has 2 amide bonds. The number of amides is 2. The van der Waals surface area contributed by atoms with Gasteiger partial charge in [-0.25, -0.2) is 4.79 Å². The fourth-order valence-electron chi connectivity index (χ4n) is 2.99. The zero-order valence-corrected chi connectivity index (χ0v) is 20.8. The highest BCUT2D eigenvalue weighted by molar-refractivity contribution is 7.98. The van der Waals surface area contributed by atoms with Gasteiger partial charge in [-0.05, 0) is 50.5 Å². The van der Waals surface area contributed by atoms with Gasteiger partial charge in [-0.3, -0.25) is 4.79 Å². The molecule has 33 heavy (non-hydrogen) atoms. The number of ether oxygens (including phenoxy) is 3. The maximum Gasteiger partial charge on any atom is 0.408 e. The highest BCUT2D eigenvalue weighted by Gasteiger charge is 2.24. The summed E-state index contributed by atoms with van der Waals surface area (Å²) in [4.78, 5) is 25.1. The van der Waals surface area contributed by atoms with Crippen LogP contribution in [-0.4, -0.2) is 50.2 Å². The third-order valence-corrected chi connectivity index (χ3v) is 5.67. The molecular formula is C25H34N2O5S. The Hall–Kier alpha value is -2.87. The van der Waals surface area contributed by atoms with Crippen LogP contribution >= 0.6 is 11.8 Å². The van der Waals surface area contributed by atoms with Crippen LogP contribution in [0.1, 0.15) is 31.9 Å². The smallest absolute Gasteiger partial charge is 0.408 e. The Morgan fingerprint density at radius 1 is 0.970 bits per heavy atom. The number of carbonyl (C=O) groups is 2. The van der Waals surface area contributed by atoms with Crippen molar-refractivity contribution in [3.63, 3.8) is 0 Å². The molecule has 2 aromatic carbocycles. The second-order valence-corrected chi connectivity index (χ2v) is 9.46. The molecule has 7 nitrogen and oxygen atoms in total. The van der Waals surface area contributed by atoms with Crippen molar-refractivity contribution in [2.24, 2.45) is 0 Å². The lowest BCUT2D eigenvalue weighted by atomic mass is 10.1. The average Bonchev–Trinajstić information content (AvgIpc) is 2.77. The van der Waals surface area contributed by atoms with Crippen molar-refractivity contribution in [2.75, 3.05) is 26.5 Å². The summed E-state index contributed by atoms with van der Waals surface area (Å²) in [6, 6.07) is 14.9. The number of methoxy groups -OCH3 is 2. The summed E-state index contributed by atoms with van der Waals surface area (Å²) in [5, 5.41) is 5.63. The normalized spacial score (nSPS) is 11.9. The topological polar surface area (TPSA) is 85.9 Å². The number of hydrogen-bond donors (Lipinski definition) is 2. The average molecular weight is 475 g/mol. The second-order valence-electron chi connectivity index (χ2n) is 8.43. The summed E-state index contributed by atoms with van der Waals surface area (Å²) >= 11 is 1.58. The van der Waals surface area contributed by atoms with Gasteiger partial charge in [-0.1, -0.05) is 36.4 Å². The van der Waals surface area contributed by atoms with Crippen LogP contribution in [-0.2, 0) is 21.7 Å². The van der Waals surface area contributed by atoms with Crippen LogP contribution in [0.4, 0.5) is 4.79 Å². The quantitative estimate of drug-likeness (QED) is 0.508. The van der Waals surface area contributed by atoms with E-state index in [0.29, 0.717) is 30.2 Å². The molecule has 8 heteroatoms. The predicted octanol–water partition coefficient (Wildman–Crippen LogP) is 4.19. The van der Waals surface area contributed by atoms with Crippen LogP contribution in [0, 0.1) is 0 Å². The van der Waals surface area contributed by atoms with Gasteiger partial charge >= 0.3 is 6.09 Å². The number of rotatable bonds is 11. The number of nitrogens with one attached hydrogen (secondary N) is 2. The van der Waals surface area contributed by atoms with Crippen LogP contribution in [0.3, 0.4) is 0 Å². The van der Waals surface area contributed by atoms with E-state index in [9.17, 15) is 9.59 Å². The Morgan fingerprint density at radius 3 is 2.30 bits per heavy atom. The van der Waals surface area contributed by atoms with Crippen LogP contribution in [0.2, 0.25) is 0 Å². The van der Waals surface area contributed by atoms with Gasteiger partial charge in [0, 0.05) is 18.1 Å². The maximum absolute atomic E-state index is 12.9. The largest absolute Gasteiger partial charge is 0.493 e. The summed E-state index contributed by atoms with van der Waals surface area (Å²) in [5.41, 5.74) is 1.52. The molecule has 0 bridgehead atoms. The Balaban J connectivity index is 1.94. The van der Waals surface area contributed by atoms with E-state index in [1.807, 2.05) is 48.5 Å². The molecule has 180 valence electrons. The molecule has 0 radical (unpaired) electrons. The van der Waals surface area contributed by atoms with Gasteiger partial charge < -0.3 is 24.8 Å². The summed E-state index contributed by atoms with van der Waals surface area (Å²) in [7, 11) is 3.18. The fourth-order valence-corrected chi connectivity index (χ4v) is 4.01. The number of alkyl carbamates (subject to hydrolysis) is 1. The van der Waals surface area contributed by atoms with E-state index in [0.717, 1.165) is 16.9 Å². The first-order chi connectivity index (χ1) is 15.7. The number of hydrogen-bond acceptors (Lipinski definition) is 6. The number of thioether (sulfide) groups is 1. The minimum absolute atomic E-state index is 0.248. The molecule has 0 fully saturated rings. The van der Waals surface area contributed by atoms with Gasteiger partial charge in [0.15, 0.2) is 11.5 Å². The van der Waals surface area contributed by atoms with E-state index < -0.39 is 17.7 Å². The molecule has 2 rings (SSSR count). The predicted molar refractivity (Wildman–Crippen MR) is 132 cm³/mol. The Labute approximate surface area is 200 Å². The minimum atomic E-state index is -0.709. The Bertz CT molecular complexity index is 899. The summed E-state index contributed by atoms with van der Waals surface area (Å²) in [6.07, 6.45) is 0.00503. The van der Waals surface area contributed by atoms with Gasteiger partial charge in [-0.2, -0.15) is 11.8 Å². The van der Waals surface area contributed by atoms with Crippen LogP contribution in [0.5, 0.6) is 11.5 Å². The molecule has 0 aliphatic carbocycles. The molecule has 0 saturated heterocycles. The van der Waals surface area contributed by atoms with Crippen molar-refractivity contribution < 1.29 is 23.8 Å². The molecule has 2 N–H and O–H groups in total. The third-order valence-electron chi connectivity index (χ3n) is 4.56. The summed E-state index contributed by atoms with van der Waals surface area (Å²) in [5.74, 6) is 2.22. The van der Waals surface area contributed by atoms with Crippen molar-refractivity contribution in [1.82, 2.24) is 10.6 Å². The van der Waals surface area contributed by atoms with Crippen LogP contribution in [0.25, 0.3) is 0 Å². The zero-order chi connectivity index (χ0) is 24.3. The fraction of sp³-hybridized carbons (Fsp3) is 0.440. The van der Waals surface area contributed by atoms with Gasteiger partial charge in [0.2, 0.25) is 5.91 Å². The lowest BCUT2D eigenvalue weighted by molar-refractivity contribution is -0.122. The van der Waals surface area contributed by atoms with E-state index in [2.05, 4.69) is 10.6 Å². The van der Waals surface area contributed by atoms with E-state index in [1.165, 1.54) is 0 Å². The molecular weight excluding hydrogens is 440 g/mol. The summed E-state index contributed by atoms with van der Waals surface area (Å²) < 4.78 is 15.9. The molecule has 0 aliphatic rings. The Kier molecular flexibility index (Phi) is 10.4. The molecule has 1 atom stereocenters. The van der Waals surface area contributed by atoms with E-state index in [4.69, 9.17) is 14.2 Å². The molecule has 0 unspecified atom stereocenters. The van der Waals surface area contributed by atoms with E-state index in [-0.39, 0.29) is 5.91 Å². The lowest BCUT2D eigenvalue weighted by Crippen LogP contribution is -2.50. The minimum Gasteiger partial charge on any atom is -0.493 e. The van der Waals surface area contributed by atoms with Crippen LogP contribution < -0.4 is 20.1 Å². The van der Waals surface area contributed by atoms with Crippen molar-refractivity contribution in [3.05, 3.63) is 59.7 Å². The standard InChI is InChI=1S/C25H34N2O5S/c1-25(2,3)32-24(29)27-20(17-33-16-19-9-7-6-8-10-19)23(28)26-14-13-18-11-12-21(30-4)22(15-18)31-5/h6-12,15,20H,13-14,16-17H2,1-5H3,(H,26,28)(H,27,29)/t20-/m1/s1. The lowest BCUT2D eigenvalue weighted by Gasteiger charge is -2.23. The molecule has 0 spiro atoms. The number of benzene rings is 2. The van der Waals surface area contributed by atoms with Gasteiger partial charge in [0.05, 0.1) is 14.2 Å². The molecule has 2 aromatic rings. The molecule has 0 aromatic heterocycles. The first-order valence-corrected chi connectivity index (χ1v) is 12.0. The first kappa shape index (κ1) is 26.4. The first-order valence-electron chi connectivity index (χ1n) is 10.8. The second kappa shape index (κ2) is 13.0. The highest BCUT2D eigenvalue weighted by atomic mass is 32.2. The van der Waals surface area contributed by atoms with Gasteiger partial charge in [0.1, 0.15) is 11.6 Å². The molecule has 0 aliphatic heterocycles. The van der Waals surface area contributed by atoms with E-state index in [1.54, 1.807) is 46.8 Å².